The molecule has 0 fully saturated rings. The van der Waals surface area contributed by atoms with Gasteiger partial charge in [0.2, 0.25) is 0 Å². The van der Waals surface area contributed by atoms with Gasteiger partial charge in [0.1, 0.15) is 0 Å². The van der Waals surface area contributed by atoms with Crippen LogP contribution in [0.15, 0.2) is 18.2 Å². The molecule has 0 aliphatic carbocycles. The monoisotopic (exact) mass is 294 g/mol. The van der Waals surface area contributed by atoms with Gasteiger partial charge in [-0.3, -0.25) is 9.59 Å². The maximum Gasteiger partial charge on any atom is 0.309 e. The van der Waals surface area contributed by atoms with Crippen LogP contribution in [0.3, 0.4) is 0 Å². The number of benzene rings is 1. The van der Waals surface area contributed by atoms with Crippen LogP contribution in [0.5, 0.6) is 11.5 Å². The van der Waals surface area contributed by atoms with Crippen molar-refractivity contribution in [2.45, 2.75) is 26.3 Å². The molecule has 0 aromatic heterocycles. The van der Waals surface area contributed by atoms with Crippen molar-refractivity contribution in [3.8, 4) is 11.5 Å². The Kier molecular flexibility index (Phi) is 6.52. The van der Waals surface area contributed by atoms with Gasteiger partial charge in [-0.2, -0.15) is 0 Å². The zero-order valence-electron chi connectivity index (χ0n) is 12.9. The lowest BCUT2D eigenvalue weighted by molar-refractivity contribution is -0.139. The first kappa shape index (κ1) is 16.8. The van der Waals surface area contributed by atoms with Crippen LogP contribution in [-0.4, -0.2) is 38.6 Å². The molecule has 0 aliphatic heterocycles. The fraction of sp³-hybridized carbons (Fsp3) is 0.467. The van der Waals surface area contributed by atoms with Crippen LogP contribution in [0.2, 0.25) is 0 Å². The molecule has 0 heterocycles. The summed E-state index contributed by atoms with van der Waals surface area (Å²) in [5, 5.41) is 5.12. The van der Waals surface area contributed by atoms with Gasteiger partial charge in [-0.1, -0.05) is 6.07 Å². The highest BCUT2D eigenvalue weighted by Crippen LogP contribution is 2.27. The van der Waals surface area contributed by atoms with Gasteiger partial charge >= 0.3 is 11.8 Å². The molecular formula is C15H22N2O4. The topological polar surface area (TPSA) is 76.7 Å². The number of hydrogen-bond donors (Lipinski definition) is 2. The van der Waals surface area contributed by atoms with E-state index in [1.807, 2.05) is 18.2 Å². The van der Waals surface area contributed by atoms with Gasteiger partial charge in [-0.05, 0) is 38.0 Å². The van der Waals surface area contributed by atoms with E-state index < -0.39 is 11.8 Å². The van der Waals surface area contributed by atoms with E-state index in [4.69, 9.17) is 9.47 Å². The summed E-state index contributed by atoms with van der Waals surface area (Å²) < 4.78 is 10.4. The predicted molar refractivity (Wildman–Crippen MR) is 79.5 cm³/mol. The summed E-state index contributed by atoms with van der Waals surface area (Å²) in [7, 11) is 3.14. The van der Waals surface area contributed by atoms with Crippen molar-refractivity contribution in [3.05, 3.63) is 23.8 Å². The fourth-order valence-corrected chi connectivity index (χ4v) is 1.76. The Balaban J connectivity index is 2.49. The minimum absolute atomic E-state index is 0.0610. The molecule has 2 amide bonds. The van der Waals surface area contributed by atoms with E-state index in [-0.39, 0.29) is 6.04 Å². The zero-order chi connectivity index (χ0) is 15.8. The van der Waals surface area contributed by atoms with Crippen LogP contribution in [0.1, 0.15) is 19.4 Å². The summed E-state index contributed by atoms with van der Waals surface area (Å²) in [5.41, 5.74) is 0.984. The van der Waals surface area contributed by atoms with E-state index in [9.17, 15) is 9.59 Å². The van der Waals surface area contributed by atoms with Crippen molar-refractivity contribution in [1.82, 2.24) is 10.6 Å². The normalized spacial score (nSPS) is 10.1. The third-order valence-electron chi connectivity index (χ3n) is 2.77. The van der Waals surface area contributed by atoms with Crippen molar-refractivity contribution in [2.75, 3.05) is 20.8 Å². The Morgan fingerprint density at radius 1 is 1.10 bits per heavy atom. The average Bonchev–Trinajstić information content (AvgIpc) is 2.46. The van der Waals surface area contributed by atoms with Crippen LogP contribution in [-0.2, 0) is 16.0 Å². The number of carbonyl (C=O) groups excluding carboxylic acids is 2. The quantitative estimate of drug-likeness (QED) is 0.764. The standard InChI is InChI=1S/C15H22N2O4/c1-10(2)17-15(19)14(18)16-8-7-11-5-6-12(20-3)13(9-11)21-4/h5-6,9-10H,7-8H2,1-4H3,(H,16,18)(H,17,19). The number of amides is 2. The van der Waals surface area contributed by atoms with Crippen molar-refractivity contribution in [1.29, 1.82) is 0 Å². The van der Waals surface area contributed by atoms with Crippen molar-refractivity contribution in [2.24, 2.45) is 0 Å². The van der Waals surface area contributed by atoms with Crippen LogP contribution in [0.25, 0.3) is 0 Å². The molecule has 0 spiro atoms. The van der Waals surface area contributed by atoms with Gasteiger partial charge in [-0.15, -0.1) is 0 Å². The summed E-state index contributed by atoms with van der Waals surface area (Å²) in [6.45, 7) is 3.98. The molecule has 2 N–H and O–H groups in total. The Morgan fingerprint density at radius 3 is 2.33 bits per heavy atom. The lowest BCUT2D eigenvalue weighted by Gasteiger charge is -2.10. The van der Waals surface area contributed by atoms with Gasteiger partial charge < -0.3 is 20.1 Å². The van der Waals surface area contributed by atoms with Crippen molar-refractivity contribution in [3.63, 3.8) is 0 Å². The molecule has 0 saturated heterocycles. The van der Waals surface area contributed by atoms with E-state index in [0.29, 0.717) is 24.5 Å². The Labute approximate surface area is 124 Å². The lowest BCUT2D eigenvalue weighted by Crippen LogP contribution is -2.43. The summed E-state index contributed by atoms with van der Waals surface area (Å²) in [6.07, 6.45) is 0.598. The second-order valence-electron chi connectivity index (χ2n) is 4.82. The van der Waals surface area contributed by atoms with Crippen molar-refractivity contribution >= 4 is 11.8 Å². The highest BCUT2D eigenvalue weighted by molar-refractivity contribution is 6.35. The average molecular weight is 294 g/mol. The third-order valence-corrected chi connectivity index (χ3v) is 2.77. The summed E-state index contributed by atoms with van der Waals surface area (Å²) in [4.78, 5) is 22.9. The number of methoxy groups -OCH3 is 2. The summed E-state index contributed by atoms with van der Waals surface area (Å²) in [6, 6.07) is 5.48. The maximum atomic E-state index is 11.5. The first-order valence-electron chi connectivity index (χ1n) is 6.77. The molecule has 0 aliphatic rings. The largest absolute Gasteiger partial charge is 0.493 e. The van der Waals surface area contributed by atoms with Gasteiger partial charge in [0.05, 0.1) is 14.2 Å². The molecule has 0 bridgehead atoms. The Bertz CT molecular complexity index is 500. The first-order chi connectivity index (χ1) is 9.97. The lowest BCUT2D eigenvalue weighted by atomic mass is 10.1. The zero-order valence-corrected chi connectivity index (χ0v) is 12.9. The number of ether oxygens (including phenoxy) is 2. The van der Waals surface area contributed by atoms with E-state index >= 15 is 0 Å². The predicted octanol–water partition coefficient (Wildman–Crippen LogP) is 0.887. The second kappa shape index (κ2) is 8.14. The molecule has 0 unspecified atom stereocenters. The van der Waals surface area contributed by atoms with Crippen LogP contribution in [0.4, 0.5) is 0 Å². The first-order valence-corrected chi connectivity index (χ1v) is 6.77. The van der Waals surface area contributed by atoms with Crippen LogP contribution < -0.4 is 20.1 Å². The van der Waals surface area contributed by atoms with Gasteiger partial charge in [-0.25, -0.2) is 0 Å². The molecule has 6 heteroatoms. The van der Waals surface area contributed by atoms with E-state index in [2.05, 4.69) is 10.6 Å². The van der Waals surface area contributed by atoms with Gasteiger partial charge in [0.25, 0.3) is 0 Å². The van der Waals surface area contributed by atoms with E-state index in [1.54, 1.807) is 28.1 Å². The molecular weight excluding hydrogens is 272 g/mol. The number of carbonyl (C=O) groups is 2. The fourth-order valence-electron chi connectivity index (χ4n) is 1.76. The molecule has 6 nitrogen and oxygen atoms in total. The Hall–Kier alpha value is -2.24. The van der Waals surface area contributed by atoms with Crippen LogP contribution >= 0.6 is 0 Å². The van der Waals surface area contributed by atoms with E-state index in [0.717, 1.165) is 5.56 Å². The van der Waals surface area contributed by atoms with Crippen LogP contribution in [0, 0.1) is 0 Å². The molecule has 0 atom stereocenters. The van der Waals surface area contributed by atoms with Crippen molar-refractivity contribution < 1.29 is 19.1 Å². The number of rotatable bonds is 6. The minimum Gasteiger partial charge on any atom is -0.493 e. The maximum absolute atomic E-state index is 11.5. The van der Waals surface area contributed by atoms with Gasteiger partial charge in [0.15, 0.2) is 11.5 Å². The smallest absolute Gasteiger partial charge is 0.309 e. The molecule has 1 aromatic carbocycles. The second-order valence-corrected chi connectivity index (χ2v) is 4.82. The molecule has 1 aromatic rings. The third kappa shape index (κ3) is 5.33. The van der Waals surface area contributed by atoms with E-state index in [1.165, 1.54) is 0 Å². The SMILES string of the molecule is COc1ccc(CCNC(=O)C(=O)NC(C)C)cc1OC. The summed E-state index contributed by atoms with van der Waals surface area (Å²) >= 11 is 0. The Morgan fingerprint density at radius 2 is 1.76 bits per heavy atom. The van der Waals surface area contributed by atoms with Gasteiger partial charge in [0, 0.05) is 12.6 Å². The number of hydrogen-bond acceptors (Lipinski definition) is 4. The molecule has 21 heavy (non-hydrogen) atoms. The highest BCUT2D eigenvalue weighted by atomic mass is 16.5. The molecule has 0 saturated carbocycles. The molecule has 116 valence electrons. The minimum atomic E-state index is -0.621. The molecule has 1 rings (SSSR count). The number of nitrogens with one attached hydrogen (secondary N) is 2. The highest BCUT2D eigenvalue weighted by Gasteiger charge is 2.13. The summed E-state index contributed by atoms with van der Waals surface area (Å²) in [5.74, 6) is 0.0574. The molecule has 0 radical (unpaired) electrons.